The Balaban J connectivity index is 2.53. The van der Waals surface area contributed by atoms with Gasteiger partial charge in [-0.15, -0.1) is 0 Å². The highest BCUT2D eigenvalue weighted by Crippen LogP contribution is 2.35. The molecule has 0 spiro atoms. The van der Waals surface area contributed by atoms with Gasteiger partial charge in [0.1, 0.15) is 6.04 Å². The third-order valence-corrected chi connectivity index (χ3v) is 4.10. The number of rotatable bonds is 6. The van der Waals surface area contributed by atoms with Crippen molar-refractivity contribution in [3.63, 3.8) is 0 Å². The number of carbonyl (C=O) groups is 3. The maximum absolute atomic E-state index is 12.0. The normalized spacial score (nSPS) is 22.1. The van der Waals surface area contributed by atoms with Crippen LogP contribution in [-0.4, -0.2) is 35.1 Å². The maximum Gasteiger partial charge on any atom is 0.326 e. The monoisotopic (exact) mass is 299 g/mol. The number of carbonyl (C=O) groups excluding carboxylic acids is 2. The molecule has 0 heterocycles. The number of hydrogen-bond acceptors (Lipinski definition) is 3. The molecule has 1 rings (SSSR count). The van der Waals surface area contributed by atoms with Crippen molar-refractivity contribution in [2.45, 2.75) is 64.5 Å². The third kappa shape index (κ3) is 5.61. The van der Waals surface area contributed by atoms with E-state index in [4.69, 9.17) is 10.8 Å². The van der Waals surface area contributed by atoms with Gasteiger partial charge in [-0.05, 0) is 24.7 Å². The van der Waals surface area contributed by atoms with Gasteiger partial charge in [-0.2, -0.15) is 0 Å². The van der Waals surface area contributed by atoms with Crippen LogP contribution in [-0.2, 0) is 9.59 Å². The van der Waals surface area contributed by atoms with Gasteiger partial charge in [0, 0.05) is 12.5 Å². The Morgan fingerprint density at radius 2 is 2.00 bits per heavy atom. The number of nitrogens with two attached hydrogens (primary N) is 1. The van der Waals surface area contributed by atoms with Gasteiger partial charge in [0.05, 0.1) is 0 Å². The zero-order chi connectivity index (χ0) is 16.0. The van der Waals surface area contributed by atoms with Crippen LogP contribution in [0, 0.1) is 5.41 Å². The van der Waals surface area contributed by atoms with Gasteiger partial charge in [-0.25, -0.2) is 9.59 Å². The molecule has 21 heavy (non-hydrogen) atoms. The fourth-order valence-electron chi connectivity index (χ4n) is 2.66. The molecular weight excluding hydrogens is 274 g/mol. The highest BCUT2D eigenvalue weighted by molar-refractivity contribution is 5.83. The van der Waals surface area contributed by atoms with Crippen molar-refractivity contribution in [3.05, 3.63) is 0 Å². The van der Waals surface area contributed by atoms with Crippen molar-refractivity contribution < 1.29 is 19.5 Å². The fourth-order valence-corrected chi connectivity index (χ4v) is 2.66. The second-order valence-electron chi connectivity index (χ2n) is 6.30. The molecule has 1 unspecified atom stereocenters. The lowest BCUT2D eigenvalue weighted by Crippen LogP contribution is -2.53. The smallest absolute Gasteiger partial charge is 0.326 e. The maximum atomic E-state index is 12.0. The summed E-state index contributed by atoms with van der Waals surface area (Å²) in [6.45, 7) is 4.19. The van der Waals surface area contributed by atoms with Crippen molar-refractivity contribution in [3.8, 4) is 0 Å². The lowest BCUT2D eigenvalue weighted by atomic mass is 9.73. The van der Waals surface area contributed by atoms with E-state index in [0.717, 1.165) is 25.7 Å². The van der Waals surface area contributed by atoms with Gasteiger partial charge >= 0.3 is 12.0 Å². The van der Waals surface area contributed by atoms with E-state index in [1.54, 1.807) is 0 Å². The standard InChI is InChI=1S/C14H25N3O4/c1-14(2)8-4-3-5-10(14)17-13(21)16-9(12(19)20)6-7-11(15)18/h9-10H,3-8H2,1-2H3,(H2,15,18)(H,19,20)(H2,16,17,21)/t9-,10?/m1/s1. The molecule has 7 nitrogen and oxygen atoms in total. The van der Waals surface area contributed by atoms with Gasteiger partial charge in [-0.1, -0.05) is 26.7 Å². The summed E-state index contributed by atoms with van der Waals surface area (Å²) in [7, 11) is 0. The first-order valence-electron chi connectivity index (χ1n) is 7.30. The second-order valence-corrected chi connectivity index (χ2v) is 6.30. The van der Waals surface area contributed by atoms with Crippen molar-refractivity contribution in [2.24, 2.45) is 11.1 Å². The molecule has 2 atom stereocenters. The van der Waals surface area contributed by atoms with E-state index < -0.39 is 23.9 Å². The molecule has 7 heteroatoms. The van der Waals surface area contributed by atoms with E-state index in [1.807, 2.05) is 0 Å². The molecule has 120 valence electrons. The first kappa shape index (κ1) is 17.3. The van der Waals surface area contributed by atoms with E-state index in [2.05, 4.69) is 24.5 Å². The summed E-state index contributed by atoms with van der Waals surface area (Å²) < 4.78 is 0. The molecule has 0 aromatic carbocycles. The van der Waals surface area contributed by atoms with Crippen LogP contribution in [0.1, 0.15) is 52.4 Å². The molecule has 0 aromatic heterocycles. The fraction of sp³-hybridized carbons (Fsp3) is 0.786. The molecule has 5 N–H and O–H groups in total. The quantitative estimate of drug-likeness (QED) is 0.584. The number of urea groups is 1. The first-order chi connectivity index (χ1) is 9.72. The Morgan fingerprint density at radius 1 is 1.33 bits per heavy atom. The van der Waals surface area contributed by atoms with Crippen LogP contribution in [0.15, 0.2) is 0 Å². The number of amides is 3. The lowest BCUT2D eigenvalue weighted by molar-refractivity contribution is -0.139. The number of carboxylic acids is 1. The summed E-state index contributed by atoms with van der Waals surface area (Å²) in [5.74, 6) is -1.76. The molecule has 0 aromatic rings. The molecule has 1 saturated carbocycles. The Kier molecular flexibility index (Phi) is 5.99. The van der Waals surface area contributed by atoms with Crippen LogP contribution in [0.2, 0.25) is 0 Å². The Morgan fingerprint density at radius 3 is 2.52 bits per heavy atom. The minimum atomic E-state index is -1.17. The first-order valence-corrected chi connectivity index (χ1v) is 7.30. The number of aliphatic carboxylic acids is 1. The van der Waals surface area contributed by atoms with Gasteiger partial charge in [-0.3, -0.25) is 4.79 Å². The minimum absolute atomic E-state index is 0.00152. The zero-order valence-electron chi connectivity index (χ0n) is 12.6. The summed E-state index contributed by atoms with van der Waals surface area (Å²) in [5, 5.41) is 14.3. The van der Waals surface area contributed by atoms with Crippen LogP contribution >= 0.6 is 0 Å². The SMILES string of the molecule is CC1(C)CCCCC1NC(=O)N[C@H](CCC(N)=O)C(=O)O. The van der Waals surface area contributed by atoms with Gasteiger partial charge in [0.25, 0.3) is 0 Å². The van der Waals surface area contributed by atoms with Gasteiger partial charge in [0.2, 0.25) is 5.91 Å². The summed E-state index contributed by atoms with van der Waals surface area (Å²) in [6.07, 6.45) is 4.03. The minimum Gasteiger partial charge on any atom is -0.480 e. The molecule has 0 aliphatic heterocycles. The molecule has 3 amide bonds. The van der Waals surface area contributed by atoms with Crippen molar-refractivity contribution in [1.29, 1.82) is 0 Å². The topological polar surface area (TPSA) is 122 Å². The van der Waals surface area contributed by atoms with Crippen molar-refractivity contribution >= 4 is 17.9 Å². The Bertz CT molecular complexity index is 409. The molecule has 1 aliphatic carbocycles. The lowest BCUT2D eigenvalue weighted by Gasteiger charge is -2.39. The predicted octanol–water partition coefficient (Wildman–Crippen LogP) is 0.973. The average Bonchev–Trinajstić information content (AvgIpc) is 2.36. The number of nitrogens with one attached hydrogen (secondary N) is 2. The zero-order valence-corrected chi connectivity index (χ0v) is 12.6. The molecule has 1 fully saturated rings. The molecule has 0 bridgehead atoms. The average molecular weight is 299 g/mol. The Hall–Kier alpha value is -1.79. The highest BCUT2D eigenvalue weighted by atomic mass is 16.4. The molecule has 0 saturated heterocycles. The van der Waals surface area contributed by atoms with E-state index in [1.165, 1.54) is 0 Å². The summed E-state index contributed by atoms with van der Waals surface area (Å²) >= 11 is 0. The van der Waals surface area contributed by atoms with E-state index in [0.29, 0.717) is 0 Å². The highest BCUT2D eigenvalue weighted by Gasteiger charge is 2.33. The Labute approximate surface area is 124 Å². The molecule has 0 radical (unpaired) electrons. The van der Waals surface area contributed by atoms with Crippen LogP contribution in [0.4, 0.5) is 4.79 Å². The number of carboxylic acid groups (broad SMARTS) is 1. The predicted molar refractivity (Wildman–Crippen MR) is 77.6 cm³/mol. The largest absolute Gasteiger partial charge is 0.480 e. The van der Waals surface area contributed by atoms with Crippen LogP contribution in [0.3, 0.4) is 0 Å². The number of primary amides is 1. The summed E-state index contributed by atoms with van der Waals surface area (Å²) in [4.78, 5) is 33.7. The van der Waals surface area contributed by atoms with Crippen molar-refractivity contribution in [2.75, 3.05) is 0 Å². The van der Waals surface area contributed by atoms with Crippen LogP contribution in [0.5, 0.6) is 0 Å². The van der Waals surface area contributed by atoms with Crippen LogP contribution in [0.25, 0.3) is 0 Å². The van der Waals surface area contributed by atoms with E-state index >= 15 is 0 Å². The third-order valence-electron chi connectivity index (χ3n) is 4.10. The van der Waals surface area contributed by atoms with Crippen LogP contribution < -0.4 is 16.4 Å². The van der Waals surface area contributed by atoms with Gasteiger partial charge < -0.3 is 21.5 Å². The summed E-state index contributed by atoms with van der Waals surface area (Å²) in [6, 6.07) is -1.59. The van der Waals surface area contributed by atoms with Crippen molar-refractivity contribution in [1.82, 2.24) is 10.6 Å². The van der Waals surface area contributed by atoms with E-state index in [9.17, 15) is 14.4 Å². The summed E-state index contributed by atoms with van der Waals surface area (Å²) in [5.41, 5.74) is 5.00. The molecule has 1 aliphatic rings. The second kappa shape index (κ2) is 7.28. The van der Waals surface area contributed by atoms with Gasteiger partial charge in [0.15, 0.2) is 0 Å². The van der Waals surface area contributed by atoms with E-state index in [-0.39, 0.29) is 24.3 Å². The molecular formula is C14H25N3O4. The number of hydrogen-bond donors (Lipinski definition) is 4.